The van der Waals surface area contributed by atoms with Crippen molar-refractivity contribution in [3.8, 4) is 0 Å². The third-order valence-corrected chi connectivity index (χ3v) is 2.60. The number of hydrogen-bond acceptors (Lipinski definition) is 3. The average molecular weight is 210 g/mol. The van der Waals surface area contributed by atoms with Crippen LogP contribution in [0.4, 0.5) is 0 Å². The van der Waals surface area contributed by atoms with Gasteiger partial charge in [0.1, 0.15) is 12.4 Å². The largest absolute Gasteiger partial charge is 0.456 e. The molecular formula is C12H18O3. The van der Waals surface area contributed by atoms with Gasteiger partial charge in [0.2, 0.25) is 5.78 Å². The van der Waals surface area contributed by atoms with Gasteiger partial charge in [0, 0.05) is 13.0 Å². The Morgan fingerprint density at radius 2 is 2.07 bits per heavy atom. The van der Waals surface area contributed by atoms with E-state index in [9.17, 15) is 4.79 Å². The second kappa shape index (κ2) is 5.12. The molecule has 0 aromatic carbocycles. The molecule has 1 aromatic rings. The zero-order valence-corrected chi connectivity index (χ0v) is 9.74. The Balaban J connectivity index is 2.74. The summed E-state index contributed by atoms with van der Waals surface area (Å²) in [6.45, 7) is 6.39. The van der Waals surface area contributed by atoms with Crippen LogP contribution in [0, 0.1) is 11.8 Å². The van der Waals surface area contributed by atoms with Gasteiger partial charge >= 0.3 is 0 Å². The SMILES string of the molecule is COCc1ccc(C(=O)C(C)C(C)C)o1. The van der Waals surface area contributed by atoms with Gasteiger partial charge in [-0.3, -0.25) is 4.79 Å². The van der Waals surface area contributed by atoms with Crippen molar-refractivity contribution < 1.29 is 13.9 Å². The standard InChI is InChI=1S/C12H18O3/c1-8(2)9(3)12(13)11-6-5-10(15-11)7-14-4/h5-6,8-9H,7H2,1-4H3. The van der Waals surface area contributed by atoms with Crippen LogP contribution >= 0.6 is 0 Å². The fourth-order valence-corrected chi connectivity index (χ4v) is 1.26. The van der Waals surface area contributed by atoms with E-state index in [0.717, 1.165) is 0 Å². The first-order valence-electron chi connectivity index (χ1n) is 5.18. The van der Waals surface area contributed by atoms with Crippen molar-refractivity contribution in [2.45, 2.75) is 27.4 Å². The Bertz CT molecular complexity index is 325. The van der Waals surface area contributed by atoms with Crippen LogP contribution in [-0.4, -0.2) is 12.9 Å². The third-order valence-electron chi connectivity index (χ3n) is 2.60. The quantitative estimate of drug-likeness (QED) is 0.701. The molecule has 0 spiro atoms. The Kier molecular flexibility index (Phi) is 4.09. The number of rotatable bonds is 5. The monoisotopic (exact) mass is 210 g/mol. The molecule has 0 fully saturated rings. The van der Waals surface area contributed by atoms with Crippen LogP contribution in [0.25, 0.3) is 0 Å². The summed E-state index contributed by atoms with van der Waals surface area (Å²) in [4.78, 5) is 11.9. The number of carbonyl (C=O) groups excluding carboxylic acids is 1. The minimum atomic E-state index is -0.00783. The van der Waals surface area contributed by atoms with Crippen molar-refractivity contribution in [1.82, 2.24) is 0 Å². The van der Waals surface area contributed by atoms with E-state index in [-0.39, 0.29) is 11.7 Å². The highest BCUT2D eigenvalue weighted by Gasteiger charge is 2.21. The van der Waals surface area contributed by atoms with Crippen molar-refractivity contribution in [1.29, 1.82) is 0 Å². The molecule has 0 amide bonds. The van der Waals surface area contributed by atoms with Crippen LogP contribution in [0.5, 0.6) is 0 Å². The minimum absolute atomic E-state index is 0.00783. The number of ketones is 1. The van der Waals surface area contributed by atoms with Crippen LogP contribution < -0.4 is 0 Å². The van der Waals surface area contributed by atoms with E-state index in [1.807, 2.05) is 20.8 Å². The van der Waals surface area contributed by atoms with E-state index in [0.29, 0.717) is 24.0 Å². The molecule has 0 saturated carbocycles. The molecule has 1 rings (SSSR count). The fourth-order valence-electron chi connectivity index (χ4n) is 1.26. The topological polar surface area (TPSA) is 39.4 Å². The maximum atomic E-state index is 11.9. The Hall–Kier alpha value is -1.09. The molecule has 0 saturated heterocycles. The molecule has 3 heteroatoms. The third kappa shape index (κ3) is 2.93. The summed E-state index contributed by atoms with van der Waals surface area (Å²) in [7, 11) is 1.60. The second-order valence-electron chi connectivity index (χ2n) is 4.10. The Labute approximate surface area is 90.4 Å². The molecule has 0 radical (unpaired) electrons. The zero-order chi connectivity index (χ0) is 11.4. The van der Waals surface area contributed by atoms with Crippen LogP contribution in [0.15, 0.2) is 16.5 Å². The van der Waals surface area contributed by atoms with Gasteiger partial charge in [-0.25, -0.2) is 0 Å². The van der Waals surface area contributed by atoms with Crippen LogP contribution in [-0.2, 0) is 11.3 Å². The molecule has 0 aliphatic carbocycles. The molecule has 3 nitrogen and oxygen atoms in total. The smallest absolute Gasteiger partial charge is 0.201 e. The van der Waals surface area contributed by atoms with Gasteiger partial charge in [-0.15, -0.1) is 0 Å². The number of ether oxygens (including phenoxy) is 1. The Morgan fingerprint density at radius 1 is 1.40 bits per heavy atom. The number of Topliss-reactive ketones (excluding diaryl/α,β-unsaturated/α-hetero) is 1. The lowest BCUT2D eigenvalue weighted by atomic mass is 9.92. The van der Waals surface area contributed by atoms with Gasteiger partial charge in [-0.2, -0.15) is 0 Å². The molecule has 1 atom stereocenters. The van der Waals surface area contributed by atoms with Crippen LogP contribution in [0.3, 0.4) is 0 Å². The van der Waals surface area contributed by atoms with E-state index in [2.05, 4.69) is 0 Å². The predicted octanol–water partition coefficient (Wildman–Crippen LogP) is 2.90. The highest BCUT2D eigenvalue weighted by molar-refractivity contribution is 5.95. The number of carbonyl (C=O) groups is 1. The molecule has 1 aromatic heterocycles. The first kappa shape index (κ1) is 12.0. The average Bonchev–Trinajstić information content (AvgIpc) is 2.64. The van der Waals surface area contributed by atoms with Gasteiger partial charge in [0.25, 0.3) is 0 Å². The lowest BCUT2D eigenvalue weighted by Gasteiger charge is -2.11. The molecule has 1 heterocycles. The molecule has 0 aliphatic heterocycles. The van der Waals surface area contributed by atoms with Crippen molar-refractivity contribution >= 4 is 5.78 Å². The van der Waals surface area contributed by atoms with Crippen LogP contribution in [0.1, 0.15) is 37.1 Å². The fraction of sp³-hybridized carbons (Fsp3) is 0.583. The predicted molar refractivity (Wildman–Crippen MR) is 57.8 cm³/mol. The molecule has 15 heavy (non-hydrogen) atoms. The van der Waals surface area contributed by atoms with E-state index in [1.165, 1.54) is 0 Å². The summed E-state index contributed by atoms with van der Waals surface area (Å²) in [6.07, 6.45) is 0. The van der Waals surface area contributed by atoms with Crippen LogP contribution in [0.2, 0.25) is 0 Å². The molecule has 0 bridgehead atoms. The van der Waals surface area contributed by atoms with E-state index in [1.54, 1.807) is 19.2 Å². The van der Waals surface area contributed by atoms with Crippen molar-refractivity contribution in [3.05, 3.63) is 23.7 Å². The Morgan fingerprint density at radius 3 is 2.60 bits per heavy atom. The highest BCUT2D eigenvalue weighted by atomic mass is 16.5. The van der Waals surface area contributed by atoms with Crippen molar-refractivity contribution in [2.24, 2.45) is 11.8 Å². The minimum Gasteiger partial charge on any atom is -0.456 e. The second-order valence-corrected chi connectivity index (χ2v) is 4.10. The highest BCUT2D eigenvalue weighted by Crippen LogP contribution is 2.18. The summed E-state index contributed by atoms with van der Waals surface area (Å²) in [5, 5.41) is 0. The molecular weight excluding hydrogens is 192 g/mol. The van der Waals surface area contributed by atoms with E-state index < -0.39 is 0 Å². The molecule has 1 unspecified atom stereocenters. The number of hydrogen-bond donors (Lipinski definition) is 0. The first-order chi connectivity index (χ1) is 7.06. The number of furan rings is 1. The summed E-state index contributed by atoms with van der Waals surface area (Å²) in [5.41, 5.74) is 0. The summed E-state index contributed by atoms with van der Waals surface area (Å²) in [6, 6.07) is 3.50. The van der Waals surface area contributed by atoms with Gasteiger partial charge in [0.15, 0.2) is 5.76 Å². The van der Waals surface area contributed by atoms with Crippen molar-refractivity contribution in [2.75, 3.05) is 7.11 Å². The van der Waals surface area contributed by atoms with Gasteiger partial charge in [0.05, 0.1) is 0 Å². The molecule has 0 N–H and O–H groups in total. The lowest BCUT2D eigenvalue weighted by molar-refractivity contribution is 0.0862. The first-order valence-corrected chi connectivity index (χ1v) is 5.18. The van der Waals surface area contributed by atoms with E-state index in [4.69, 9.17) is 9.15 Å². The maximum absolute atomic E-state index is 11.9. The van der Waals surface area contributed by atoms with E-state index >= 15 is 0 Å². The van der Waals surface area contributed by atoms with Crippen molar-refractivity contribution in [3.63, 3.8) is 0 Å². The van der Waals surface area contributed by atoms with Gasteiger partial charge in [-0.05, 0) is 18.1 Å². The summed E-state index contributed by atoms with van der Waals surface area (Å²) >= 11 is 0. The summed E-state index contributed by atoms with van der Waals surface area (Å²) in [5.74, 6) is 1.51. The molecule has 0 aliphatic rings. The summed E-state index contributed by atoms with van der Waals surface area (Å²) < 4.78 is 10.3. The normalized spacial score (nSPS) is 13.1. The number of methoxy groups -OCH3 is 1. The molecule has 84 valence electrons. The maximum Gasteiger partial charge on any atom is 0.201 e. The zero-order valence-electron chi connectivity index (χ0n) is 9.74. The van der Waals surface area contributed by atoms with Gasteiger partial charge < -0.3 is 9.15 Å². The lowest BCUT2D eigenvalue weighted by Crippen LogP contribution is -2.16. The van der Waals surface area contributed by atoms with Gasteiger partial charge in [-0.1, -0.05) is 20.8 Å².